The minimum atomic E-state index is -4.71. The van der Waals surface area contributed by atoms with Gasteiger partial charge in [-0.05, 0) is 41.1 Å². The molecule has 3 aromatic rings. The summed E-state index contributed by atoms with van der Waals surface area (Å²) in [4.78, 5) is 23.2. The number of hydrogen-bond acceptors (Lipinski definition) is 3. The molecule has 150 valence electrons. The fourth-order valence-corrected chi connectivity index (χ4v) is 2.76. The van der Waals surface area contributed by atoms with Crippen LogP contribution in [0.15, 0.2) is 60.7 Å². The van der Waals surface area contributed by atoms with Gasteiger partial charge < -0.3 is 15.4 Å². The predicted molar refractivity (Wildman–Crippen MR) is 104 cm³/mol. The lowest BCUT2D eigenvalue weighted by atomic mass is 10.1. The van der Waals surface area contributed by atoms with E-state index in [4.69, 9.17) is 4.74 Å². The van der Waals surface area contributed by atoms with Gasteiger partial charge in [0.2, 0.25) is 5.91 Å². The summed E-state index contributed by atoms with van der Waals surface area (Å²) in [7, 11) is 0. The molecule has 0 aliphatic carbocycles. The van der Waals surface area contributed by atoms with E-state index in [2.05, 4.69) is 10.6 Å². The zero-order valence-corrected chi connectivity index (χ0v) is 15.3. The lowest BCUT2D eigenvalue weighted by Gasteiger charge is -2.16. The first-order valence-electron chi connectivity index (χ1n) is 8.62. The number of amides is 2. The van der Waals surface area contributed by atoms with Crippen molar-refractivity contribution in [3.05, 3.63) is 66.2 Å². The van der Waals surface area contributed by atoms with Crippen LogP contribution in [0.3, 0.4) is 0 Å². The van der Waals surface area contributed by atoms with Crippen molar-refractivity contribution >= 4 is 34.0 Å². The number of anilines is 2. The summed E-state index contributed by atoms with van der Waals surface area (Å²) in [6.07, 6.45) is -4.71. The second kappa shape index (κ2) is 8.22. The average molecular weight is 402 g/mol. The Morgan fingerprint density at radius 1 is 0.931 bits per heavy atom. The molecule has 0 saturated heterocycles. The molecule has 3 aromatic carbocycles. The number of nitrogens with one attached hydrogen (secondary N) is 2. The number of benzene rings is 3. The van der Waals surface area contributed by atoms with Gasteiger partial charge in [0, 0.05) is 12.6 Å². The van der Waals surface area contributed by atoms with Crippen LogP contribution in [0.25, 0.3) is 10.8 Å². The van der Waals surface area contributed by atoms with E-state index in [1.807, 2.05) is 30.3 Å². The third-order valence-electron chi connectivity index (χ3n) is 4.01. The molecule has 0 spiro atoms. The molecule has 0 aliphatic rings. The Balaban J connectivity index is 1.71. The maximum absolute atomic E-state index is 13.3. The van der Waals surface area contributed by atoms with Crippen molar-refractivity contribution in [3.63, 3.8) is 0 Å². The van der Waals surface area contributed by atoms with Gasteiger partial charge in [-0.2, -0.15) is 13.2 Å². The minimum absolute atomic E-state index is 0.0183. The van der Waals surface area contributed by atoms with E-state index in [0.29, 0.717) is 5.75 Å². The summed E-state index contributed by atoms with van der Waals surface area (Å²) in [5, 5.41) is 6.40. The van der Waals surface area contributed by atoms with Crippen LogP contribution in [0.2, 0.25) is 0 Å². The summed E-state index contributed by atoms with van der Waals surface area (Å²) in [6, 6.07) is 15.9. The SMILES string of the molecule is CC(=O)Nc1ccc(NC(=O)COc2ccc3ccccc3c2)c(C(F)(F)F)c1. The van der Waals surface area contributed by atoms with Crippen LogP contribution in [0.5, 0.6) is 5.75 Å². The van der Waals surface area contributed by atoms with Crippen LogP contribution in [0, 0.1) is 0 Å². The van der Waals surface area contributed by atoms with E-state index >= 15 is 0 Å². The summed E-state index contributed by atoms with van der Waals surface area (Å²) >= 11 is 0. The van der Waals surface area contributed by atoms with E-state index in [1.54, 1.807) is 12.1 Å². The topological polar surface area (TPSA) is 67.4 Å². The van der Waals surface area contributed by atoms with Crippen molar-refractivity contribution in [2.75, 3.05) is 17.2 Å². The molecular weight excluding hydrogens is 385 g/mol. The molecule has 0 saturated carbocycles. The van der Waals surface area contributed by atoms with Crippen molar-refractivity contribution in [2.24, 2.45) is 0 Å². The van der Waals surface area contributed by atoms with Gasteiger partial charge in [0.05, 0.1) is 11.3 Å². The Bertz CT molecular complexity index is 1060. The third-order valence-corrected chi connectivity index (χ3v) is 4.01. The molecule has 0 bridgehead atoms. The molecule has 8 heteroatoms. The van der Waals surface area contributed by atoms with Crippen molar-refractivity contribution in [2.45, 2.75) is 13.1 Å². The quantitative estimate of drug-likeness (QED) is 0.642. The highest BCUT2D eigenvalue weighted by Gasteiger charge is 2.34. The molecule has 0 heterocycles. The van der Waals surface area contributed by atoms with Gasteiger partial charge in [0.15, 0.2) is 6.61 Å². The van der Waals surface area contributed by atoms with Crippen molar-refractivity contribution < 1.29 is 27.5 Å². The van der Waals surface area contributed by atoms with E-state index in [9.17, 15) is 22.8 Å². The highest BCUT2D eigenvalue weighted by molar-refractivity contribution is 5.94. The fraction of sp³-hybridized carbons (Fsp3) is 0.143. The van der Waals surface area contributed by atoms with Crippen LogP contribution in [0.1, 0.15) is 12.5 Å². The van der Waals surface area contributed by atoms with Crippen molar-refractivity contribution in [1.29, 1.82) is 0 Å². The normalized spacial score (nSPS) is 11.2. The van der Waals surface area contributed by atoms with Crippen LogP contribution in [0.4, 0.5) is 24.5 Å². The molecule has 29 heavy (non-hydrogen) atoms. The van der Waals surface area contributed by atoms with Crippen LogP contribution in [-0.2, 0) is 15.8 Å². The first-order valence-corrected chi connectivity index (χ1v) is 8.62. The number of rotatable bonds is 5. The van der Waals surface area contributed by atoms with E-state index < -0.39 is 35.8 Å². The number of carbonyl (C=O) groups is 2. The second-order valence-corrected chi connectivity index (χ2v) is 6.29. The Morgan fingerprint density at radius 3 is 2.34 bits per heavy atom. The Labute approximate surface area is 164 Å². The molecule has 0 unspecified atom stereocenters. The van der Waals surface area contributed by atoms with Crippen molar-refractivity contribution in [3.8, 4) is 5.75 Å². The van der Waals surface area contributed by atoms with Gasteiger partial charge in [0.1, 0.15) is 5.75 Å². The molecular formula is C21H17F3N2O3. The third kappa shape index (κ3) is 5.25. The average Bonchev–Trinajstić information content (AvgIpc) is 2.66. The van der Waals surface area contributed by atoms with Crippen molar-refractivity contribution in [1.82, 2.24) is 0 Å². The zero-order valence-electron chi connectivity index (χ0n) is 15.3. The Hall–Kier alpha value is -3.55. The lowest BCUT2D eigenvalue weighted by molar-refractivity contribution is -0.137. The zero-order chi connectivity index (χ0) is 21.0. The van der Waals surface area contributed by atoms with Gasteiger partial charge in [-0.25, -0.2) is 0 Å². The van der Waals surface area contributed by atoms with E-state index in [1.165, 1.54) is 13.0 Å². The van der Waals surface area contributed by atoms with Crippen LogP contribution in [-0.4, -0.2) is 18.4 Å². The number of fused-ring (bicyclic) bond motifs is 1. The largest absolute Gasteiger partial charge is 0.484 e. The molecule has 0 aliphatic heterocycles. The molecule has 0 aromatic heterocycles. The molecule has 2 N–H and O–H groups in total. The standard InChI is InChI=1S/C21H17F3N2O3/c1-13(27)25-16-7-9-19(18(11-16)21(22,23)24)26-20(28)12-29-17-8-6-14-4-2-3-5-15(14)10-17/h2-11H,12H2,1H3,(H,25,27)(H,26,28). The summed E-state index contributed by atoms with van der Waals surface area (Å²) in [5.41, 5.74) is -1.50. The number of carbonyl (C=O) groups excluding carboxylic acids is 2. The van der Waals surface area contributed by atoms with Gasteiger partial charge in [-0.15, -0.1) is 0 Å². The van der Waals surface area contributed by atoms with Gasteiger partial charge in [-0.3, -0.25) is 9.59 Å². The second-order valence-electron chi connectivity index (χ2n) is 6.29. The first-order chi connectivity index (χ1) is 13.7. The number of ether oxygens (including phenoxy) is 1. The highest BCUT2D eigenvalue weighted by Crippen LogP contribution is 2.36. The maximum atomic E-state index is 13.3. The lowest BCUT2D eigenvalue weighted by Crippen LogP contribution is -2.22. The maximum Gasteiger partial charge on any atom is 0.418 e. The number of hydrogen-bond donors (Lipinski definition) is 2. The van der Waals surface area contributed by atoms with Crippen LogP contribution >= 0.6 is 0 Å². The highest BCUT2D eigenvalue weighted by atomic mass is 19.4. The van der Waals surface area contributed by atoms with Gasteiger partial charge in [0.25, 0.3) is 5.91 Å². The van der Waals surface area contributed by atoms with E-state index in [-0.39, 0.29) is 5.69 Å². The Morgan fingerprint density at radius 2 is 1.66 bits per heavy atom. The molecule has 0 atom stereocenters. The molecule has 0 fully saturated rings. The molecule has 2 amide bonds. The van der Waals surface area contributed by atoms with Gasteiger partial charge >= 0.3 is 6.18 Å². The monoisotopic (exact) mass is 402 g/mol. The van der Waals surface area contributed by atoms with E-state index in [0.717, 1.165) is 22.9 Å². The molecule has 0 radical (unpaired) electrons. The fourth-order valence-electron chi connectivity index (χ4n) is 2.76. The summed E-state index contributed by atoms with van der Waals surface area (Å²) < 4.78 is 45.4. The van der Waals surface area contributed by atoms with Crippen LogP contribution < -0.4 is 15.4 Å². The summed E-state index contributed by atoms with van der Waals surface area (Å²) in [6.45, 7) is 0.732. The smallest absolute Gasteiger partial charge is 0.418 e. The van der Waals surface area contributed by atoms with Gasteiger partial charge in [-0.1, -0.05) is 30.3 Å². The number of halogens is 3. The summed E-state index contributed by atoms with van der Waals surface area (Å²) in [5.74, 6) is -0.814. The minimum Gasteiger partial charge on any atom is -0.484 e. The Kier molecular flexibility index (Phi) is 5.72. The first kappa shape index (κ1) is 20.2. The molecule has 3 rings (SSSR count). The number of alkyl halides is 3. The molecule has 5 nitrogen and oxygen atoms in total. The predicted octanol–water partition coefficient (Wildman–Crippen LogP) is 4.83.